The van der Waals surface area contributed by atoms with Crippen molar-refractivity contribution in [1.82, 2.24) is 10.9 Å². The number of unbranched alkanes of at least 4 members (excludes halogenated alkanes) is 2. The highest BCUT2D eigenvalue weighted by Gasteiger charge is 2.09. The van der Waals surface area contributed by atoms with Gasteiger partial charge in [-0.05, 0) is 18.6 Å². The second kappa shape index (κ2) is 10.6. The Kier molecular flexibility index (Phi) is 8.75. The Bertz CT molecular complexity index is 549. The summed E-state index contributed by atoms with van der Waals surface area (Å²) < 4.78 is 0. The van der Waals surface area contributed by atoms with Crippen molar-refractivity contribution in [2.45, 2.75) is 45.4 Å². The summed E-state index contributed by atoms with van der Waals surface area (Å²) in [5, 5.41) is 3.06. The zero-order valence-corrected chi connectivity index (χ0v) is 13.9. The van der Waals surface area contributed by atoms with Crippen LogP contribution < -0.4 is 16.2 Å². The lowest BCUT2D eigenvalue weighted by Crippen LogP contribution is -2.41. The second-order valence-corrected chi connectivity index (χ2v) is 5.49. The third-order valence-electron chi connectivity index (χ3n) is 3.08. The molecular weight excluding hydrogens is 318 g/mol. The molecule has 0 saturated carbocycles. The minimum Gasteiger partial charge on any atom is -0.325 e. The number of anilines is 1. The van der Waals surface area contributed by atoms with Crippen LogP contribution in [0.2, 0.25) is 5.02 Å². The molecule has 23 heavy (non-hydrogen) atoms. The molecular formula is C16H22ClN3O3. The molecule has 0 aliphatic heterocycles. The van der Waals surface area contributed by atoms with Crippen molar-refractivity contribution in [1.29, 1.82) is 0 Å². The number of carbonyl (C=O) groups is 3. The summed E-state index contributed by atoms with van der Waals surface area (Å²) >= 11 is 5.93. The predicted octanol–water partition coefficient (Wildman–Crippen LogP) is 2.79. The van der Waals surface area contributed by atoms with Crippen molar-refractivity contribution in [3.8, 4) is 0 Å². The van der Waals surface area contributed by atoms with E-state index < -0.39 is 5.91 Å². The topological polar surface area (TPSA) is 87.3 Å². The highest BCUT2D eigenvalue weighted by Crippen LogP contribution is 2.20. The van der Waals surface area contributed by atoms with Gasteiger partial charge in [0.25, 0.3) is 0 Å². The van der Waals surface area contributed by atoms with Gasteiger partial charge in [-0.25, -0.2) is 0 Å². The van der Waals surface area contributed by atoms with Crippen LogP contribution in [-0.2, 0) is 14.4 Å². The zero-order valence-electron chi connectivity index (χ0n) is 13.2. The van der Waals surface area contributed by atoms with E-state index >= 15 is 0 Å². The molecule has 1 aromatic carbocycles. The van der Waals surface area contributed by atoms with Gasteiger partial charge in [0.1, 0.15) is 0 Å². The van der Waals surface area contributed by atoms with Gasteiger partial charge < -0.3 is 5.32 Å². The molecule has 126 valence electrons. The smallest absolute Gasteiger partial charge is 0.238 e. The van der Waals surface area contributed by atoms with Crippen LogP contribution in [0.25, 0.3) is 0 Å². The van der Waals surface area contributed by atoms with Crippen LogP contribution in [0, 0.1) is 0 Å². The summed E-state index contributed by atoms with van der Waals surface area (Å²) in [4.78, 5) is 34.7. The number of carbonyl (C=O) groups excluding carboxylic acids is 3. The van der Waals surface area contributed by atoms with Crippen LogP contribution >= 0.6 is 11.6 Å². The van der Waals surface area contributed by atoms with Gasteiger partial charge in [-0.3, -0.25) is 25.2 Å². The molecule has 0 atom stereocenters. The molecule has 0 bridgehead atoms. The van der Waals surface area contributed by atoms with Gasteiger partial charge in [0.05, 0.1) is 10.7 Å². The molecule has 0 radical (unpaired) electrons. The molecule has 7 heteroatoms. The number of hydrogen-bond donors (Lipinski definition) is 3. The first kappa shape index (κ1) is 19.0. The van der Waals surface area contributed by atoms with E-state index in [1.807, 2.05) is 6.92 Å². The number of hydrogen-bond acceptors (Lipinski definition) is 3. The maximum atomic E-state index is 11.7. The molecule has 0 aliphatic carbocycles. The minimum absolute atomic E-state index is 0.00274. The van der Waals surface area contributed by atoms with Crippen molar-refractivity contribution in [3.63, 3.8) is 0 Å². The number of rotatable bonds is 8. The van der Waals surface area contributed by atoms with E-state index in [0.717, 1.165) is 19.3 Å². The lowest BCUT2D eigenvalue weighted by molar-refractivity contribution is -0.129. The summed E-state index contributed by atoms with van der Waals surface area (Å²) in [5.74, 6) is -0.960. The van der Waals surface area contributed by atoms with E-state index in [-0.39, 0.29) is 24.7 Å². The summed E-state index contributed by atoms with van der Waals surface area (Å²) in [6.07, 6.45) is 3.15. The quantitative estimate of drug-likeness (QED) is 0.502. The lowest BCUT2D eigenvalue weighted by atomic mass is 10.2. The fraction of sp³-hybridized carbons (Fsp3) is 0.438. The van der Waals surface area contributed by atoms with E-state index in [1.165, 1.54) is 0 Å². The molecule has 1 rings (SSSR count). The van der Waals surface area contributed by atoms with Gasteiger partial charge in [0, 0.05) is 19.3 Å². The first-order valence-corrected chi connectivity index (χ1v) is 8.02. The molecule has 0 aliphatic rings. The van der Waals surface area contributed by atoms with Crippen molar-refractivity contribution >= 4 is 35.0 Å². The van der Waals surface area contributed by atoms with Crippen LogP contribution in [0.3, 0.4) is 0 Å². The Morgan fingerprint density at radius 2 is 1.52 bits per heavy atom. The Hall–Kier alpha value is -2.08. The largest absolute Gasteiger partial charge is 0.325 e. The summed E-state index contributed by atoms with van der Waals surface area (Å²) in [5.41, 5.74) is 5.13. The van der Waals surface area contributed by atoms with Crippen LogP contribution in [0.1, 0.15) is 45.4 Å². The van der Waals surface area contributed by atoms with Crippen LogP contribution in [0.5, 0.6) is 0 Å². The van der Waals surface area contributed by atoms with E-state index in [0.29, 0.717) is 17.1 Å². The Balaban J connectivity index is 2.21. The van der Waals surface area contributed by atoms with E-state index in [1.54, 1.807) is 24.3 Å². The second-order valence-electron chi connectivity index (χ2n) is 5.08. The first-order chi connectivity index (χ1) is 11.0. The molecule has 3 N–H and O–H groups in total. The van der Waals surface area contributed by atoms with Crippen LogP contribution in [-0.4, -0.2) is 17.7 Å². The Morgan fingerprint density at radius 3 is 2.17 bits per heavy atom. The lowest BCUT2D eigenvalue weighted by Gasteiger charge is -2.08. The van der Waals surface area contributed by atoms with E-state index in [2.05, 4.69) is 16.2 Å². The van der Waals surface area contributed by atoms with E-state index in [4.69, 9.17) is 11.6 Å². The number of benzene rings is 1. The molecule has 3 amide bonds. The third-order valence-corrected chi connectivity index (χ3v) is 3.41. The van der Waals surface area contributed by atoms with Gasteiger partial charge in [-0.15, -0.1) is 0 Å². The van der Waals surface area contributed by atoms with Gasteiger partial charge in [-0.1, -0.05) is 43.5 Å². The molecule has 0 unspecified atom stereocenters. The van der Waals surface area contributed by atoms with Crippen LogP contribution in [0.15, 0.2) is 24.3 Å². The Labute approximate surface area is 140 Å². The van der Waals surface area contributed by atoms with Gasteiger partial charge in [0.15, 0.2) is 0 Å². The molecule has 0 heterocycles. The monoisotopic (exact) mass is 339 g/mol. The number of hydrazine groups is 1. The van der Waals surface area contributed by atoms with Gasteiger partial charge >= 0.3 is 0 Å². The van der Waals surface area contributed by atoms with Crippen molar-refractivity contribution in [2.24, 2.45) is 0 Å². The molecule has 0 saturated heterocycles. The maximum Gasteiger partial charge on any atom is 0.238 e. The van der Waals surface area contributed by atoms with Gasteiger partial charge in [-0.2, -0.15) is 0 Å². The summed E-state index contributed by atoms with van der Waals surface area (Å²) in [6, 6.07) is 6.85. The summed E-state index contributed by atoms with van der Waals surface area (Å²) in [6.45, 7) is 2.05. The standard InChI is InChI=1S/C16H22ClN3O3/c1-2-3-4-9-15(22)19-20-16(23)11-10-14(21)18-13-8-6-5-7-12(13)17/h5-8H,2-4,9-11H2,1H3,(H,18,21)(H,19,22)(H,20,23). The highest BCUT2D eigenvalue weighted by molar-refractivity contribution is 6.33. The zero-order chi connectivity index (χ0) is 17.1. The van der Waals surface area contributed by atoms with Crippen LogP contribution in [0.4, 0.5) is 5.69 Å². The van der Waals surface area contributed by atoms with Crippen molar-refractivity contribution in [3.05, 3.63) is 29.3 Å². The number of amides is 3. The average Bonchev–Trinajstić information content (AvgIpc) is 2.53. The number of halogens is 1. The summed E-state index contributed by atoms with van der Waals surface area (Å²) in [7, 11) is 0. The fourth-order valence-corrected chi connectivity index (χ4v) is 1.99. The fourth-order valence-electron chi connectivity index (χ4n) is 1.80. The number of para-hydroxylation sites is 1. The predicted molar refractivity (Wildman–Crippen MR) is 89.7 cm³/mol. The first-order valence-electron chi connectivity index (χ1n) is 7.65. The maximum absolute atomic E-state index is 11.7. The molecule has 1 aromatic rings. The minimum atomic E-state index is -0.414. The molecule has 0 fully saturated rings. The van der Waals surface area contributed by atoms with E-state index in [9.17, 15) is 14.4 Å². The molecule has 6 nitrogen and oxygen atoms in total. The van der Waals surface area contributed by atoms with Crippen molar-refractivity contribution < 1.29 is 14.4 Å². The average molecular weight is 340 g/mol. The molecule has 0 aromatic heterocycles. The Morgan fingerprint density at radius 1 is 0.913 bits per heavy atom. The number of nitrogens with one attached hydrogen (secondary N) is 3. The highest BCUT2D eigenvalue weighted by atomic mass is 35.5. The third kappa shape index (κ3) is 8.21. The molecule has 0 spiro atoms. The normalized spacial score (nSPS) is 10.0. The SMILES string of the molecule is CCCCCC(=O)NNC(=O)CCC(=O)Nc1ccccc1Cl. The van der Waals surface area contributed by atoms with Crippen molar-refractivity contribution in [2.75, 3.05) is 5.32 Å². The van der Waals surface area contributed by atoms with Gasteiger partial charge in [0.2, 0.25) is 17.7 Å².